The third kappa shape index (κ3) is 4.13. The third-order valence-electron chi connectivity index (χ3n) is 4.16. The van der Waals surface area contributed by atoms with Crippen LogP contribution in [-0.2, 0) is 14.3 Å². The second-order valence-electron chi connectivity index (χ2n) is 7.31. The average Bonchev–Trinajstić information content (AvgIpc) is 2.81. The number of aryl methyl sites for hydroxylation is 1. The van der Waals surface area contributed by atoms with Crippen LogP contribution in [0.25, 0.3) is 0 Å². The molecule has 1 aromatic rings. The van der Waals surface area contributed by atoms with Gasteiger partial charge in [-0.2, -0.15) is 0 Å². The Morgan fingerprint density at radius 1 is 1.29 bits per heavy atom. The zero-order chi connectivity index (χ0) is 18.1. The van der Waals surface area contributed by atoms with Crippen LogP contribution < -0.4 is 5.73 Å². The van der Waals surface area contributed by atoms with E-state index < -0.39 is 29.7 Å². The first-order valence-corrected chi connectivity index (χ1v) is 8.14. The van der Waals surface area contributed by atoms with Crippen LogP contribution in [0.4, 0.5) is 0 Å². The van der Waals surface area contributed by atoms with Crippen LogP contribution in [0.3, 0.4) is 0 Å². The normalized spacial score (nSPS) is 23.0. The molecule has 132 valence electrons. The standard InChI is InChI=1S/C18H26N2O4/c1-11-5-7-12(8-6-11)14(16(21)22)20-10-9-13(15(20)19)17(23)24-18(2,3)4/h5-8,13-15H,9-10,19H2,1-4H3,(H,21,22)/t13-,14-,15-/m1/s1. The largest absolute Gasteiger partial charge is 0.480 e. The molecular formula is C18H26N2O4. The molecule has 1 aliphatic heterocycles. The van der Waals surface area contributed by atoms with Crippen molar-refractivity contribution in [3.8, 4) is 0 Å². The van der Waals surface area contributed by atoms with Crippen molar-refractivity contribution in [1.29, 1.82) is 0 Å². The second-order valence-corrected chi connectivity index (χ2v) is 7.31. The topological polar surface area (TPSA) is 92.9 Å². The zero-order valence-corrected chi connectivity index (χ0v) is 14.7. The first kappa shape index (κ1) is 18.4. The summed E-state index contributed by atoms with van der Waals surface area (Å²) in [6, 6.07) is 6.47. The van der Waals surface area contributed by atoms with Gasteiger partial charge in [0.2, 0.25) is 0 Å². The maximum absolute atomic E-state index is 12.3. The SMILES string of the molecule is Cc1ccc([C@H](C(=O)O)N2CC[C@@H](C(=O)OC(C)(C)C)[C@@H]2N)cc1. The first-order chi connectivity index (χ1) is 11.1. The number of carboxylic acid groups (broad SMARTS) is 1. The number of esters is 1. The van der Waals surface area contributed by atoms with Gasteiger partial charge in [-0.3, -0.25) is 14.5 Å². The van der Waals surface area contributed by atoms with Gasteiger partial charge < -0.3 is 15.6 Å². The Kier molecular flexibility index (Phi) is 5.30. The summed E-state index contributed by atoms with van der Waals surface area (Å²) in [6.45, 7) is 7.79. The molecule has 3 atom stereocenters. The van der Waals surface area contributed by atoms with E-state index in [0.29, 0.717) is 18.5 Å². The minimum atomic E-state index is -0.973. The third-order valence-corrected chi connectivity index (χ3v) is 4.16. The fraction of sp³-hybridized carbons (Fsp3) is 0.556. The van der Waals surface area contributed by atoms with Crippen LogP contribution >= 0.6 is 0 Å². The minimum Gasteiger partial charge on any atom is -0.480 e. The molecule has 3 N–H and O–H groups in total. The van der Waals surface area contributed by atoms with E-state index in [0.717, 1.165) is 5.56 Å². The van der Waals surface area contributed by atoms with Gasteiger partial charge in [0.1, 0.15) is 11.6 Å². The summed E-state index contributed by atoms with van der Waals surface area (Å²) < 4.78 is 5.41. The van der Waals surface area contributed by atoms with Gasteiger partial charge in [0.05, 0.1) is 12.1 Å². The predicted molar refractivity (Wildman–Crippen MR) is 90.2 cm³/mol. The highest BCUT2D eigenvalue weighted by molar-refractivity contribution is 5.77. The van der Waals surface area contributed by atoms with Crippen molar-refractivity contribution in [2.24, 2.45) is 11.7 Å². The molecule has 0 unspecified atom stereocenters. The molecule has 0 radical (unpaired) electrons. The van der Waals surface area contributed by atoms with E-state index in [2.05, 4.69) is 0 Å². The van der Waals surface area contributed by atoms with Gasteiger partial charge in [-0.05, 0) is 39.7 Å². The molecule has 0 bridgehead atoms. The van der Waals surface area contributed by atoms with Gasteiger partial charge in [-0.1, -0.05) is 29.8 Å². The van der Waals surface area contributed by atoms with E-state index in [1.807, 2.05) is 19.1 Å². The van der Waals surface area contributed by atoms with Crippen LogP contribution in [0.1, 0.15) is 44.4 Å². The highest BCUT2D eigenvalue weighted by atomic mass is 16.6. The van der Waals surface area contributed by atoms with Gasteiger partial charge in [0.15, 0.2) is 0 Å². The van der Waals surface area contributed by atoms with Crippen LogP contribution in [-0.4, -0.2) is 40.3 Å². The number of likely N-dealkylation sites (tertiary alicyclic amines) is 1. The summed E-state index contributed by atoms with van der Waals surface area (Å²) in [5, 5.41) is 9.67. The fourth-order valence-electron chi connectivity index (χ4n) is 3.00. The molecule has 1 heterocycles. The lowest BCUT2D eigenvalue weighted by atomic mass is 10.0. The molecule has 1 saturated heterocycles. The van der Waals surface area contributed by atoms with Crippen molar-refractivity contribution in [3.63, 3.8) is 0 Å². The van der Waals surface area contributed by atoms with Crippen molar-refractivity contribution >= 4 is 11.9 Å². The summed E-state index contributed by atoms with van der Waals surface area (Å²) in [4.78, 5) is 25.8. The van der Waals surface area contributed by atoms with Crippen molar-refractivity contribution < 1.29 is 19.4 Å². The Balaban J connectivity index is 2.19. The monoisotopic (exact) mass is 334 g/mol. The molecule has 1 aliphatic rings. The number of carboxylic acids is 1. The summed E-state index contributed by atoms with van der Waals surface area (Å²) in [5.41, 5.74) is 7.34. The number of hydrogen-bond donors (Lipinski definition) is 2. The minimum absolute atomic E-state index is 0.370. The van der Waals surface area contributed by atoms with Crippen LogP contribution in [0.5, 0.6) is 0 Å². The molecule has 0 aliphatic carbocycles. The lowest BCUT2D eigenvalue weighted by Crippen LogP contribution is -2.47. The van der Waals surface area contributed by atoms with E-state index in [-0.39, 0.29) is 5.97 Å². The molecular weight excluding hydrogens is 308 g/mol. The molecule has 1 aromatic carbocycles. The Labute approximate surface area is 142 Å². The van der Waals surface area contributed by atoms with Crippen LogP contribution in [0, 0.1) is 12.8 Å². The molecule has 0 amide bonds. The van der Waals surface area contributed by atoms with E-state index in [9.17, 15) is 14.7 Å². The van der Waals surface area contributed by atoms with E-state index in [1.165, 1.54) is 0 Å². The van der Waals surface area contributed by atoms with Gasteiger partial charge in [0.25, 0.3) is 0 Å². The quantitative estimate of drug-likeness (QED) is 0.819. The smallest absolute Gasteiger partial charge is 0.325 e. The number of ether oxygens (including phenoxy) is 1. The lowest BCUT2D eigenvalue weighted by molar-refractivity contribution is -0.161. The van der Waals surface area contributed by atoms with Gasteiger partial charge in [-0.25, -0.2) is 0 Å². The number of aliphatic carboxylic acids is 1. The van der Waals surface area contributed by atoms with Crippen LogP contribution in [0.15, 0.2) is 24.3 Å². The predicted octanol–water partition coefficient (Wildman–Crippen LogP) is 2.07. The van der Waals surface area contributed by atoms with Gasteiger partial charge >= 0.3 is 11.9 Å². The first-order valence-electron chi connectivity index (χ1n) is 8.14. The van der Waals surface area contributed by atoms with Crippen molar-refractivity contribution in [3.05, 3.63) is 35.4 Å². The Bertz CT molecular complexity index is 606. The van der Waals surface area contributed by atoms with E-state index >= 15 is 0 Å². The molecule has 0 spiro atoms. The van der Waals surface area contributed by atoms with Crippen molar-refractivity contribution in [1.82, 2.24) is 4.90 Å². The van der Waals surface area contributed by atoms with E-state index in [4.69, 9.17) is 10.5 Å². The number of hydrogen-bond acceptors (Lipinski definition) is 5. The average molecular weight is 334 g/mol. The van der Waals surface area contributed by atoms with Crippen LogP contribution in [0.2, 0.25) is 0 Å². The number of carbonyl (C=O) groups excluding carboxylic acids is 1. The van der Waals surface area contributed by atoms with E-state index in [1.54, 1.807) is 37.8 Å². The molecule has 24 heavy (non-hydrogen) atoms. The maximum Gasteiger partial charge on any atom is 0.325 e. The van der Waals surface area contributed by atoms with Gasteiger partial charge in [-0.15, -0.1) is 0 Å². The molecule has 0 aromatic heterocycles. The fourth-order valence-corrected chi connectivity index (χ4v) is 3.00. The number of nitrogens with two attached hydrogens (primary N) is 1. The summed E-state index contributed by atoms with van der Waals surface area (Å²) in [7, 11) is 0. The molecule has 6 nitrogen and oxygen atoms in total. The number of carbonyl (C=O) groups is 2. The Morgan fingerprint density at radius 3 is 2.38 bits per heavy atom. The number of rotatable bonds is 4. The molecule has 2 rings (SSSR count). The maximum atomic E-state index is 12.3. The summed E-state index contributed by atoms with van der Waals surface area (Å²) >= 11 is 0. The Morgan fingerprint density at radius 2 is 1.88 bits per heavy atom. The van der Waals surface area contributed by atoms with Gasteiger partial charge in [0, 0.05) is 6.54 Å². The molecule has 0 saturated carbocycles. The Hall–Kier alpha value is -1.92. The highest BCUT2D eigenvalue weighted by Gasteiger charge is 2.43. The molecule has 1 fully saturated rings. The summed E-state index contributed by atoms with van der Waals surface area (Å²) in [6.07, 6.45) is -0.187. The lowest BCUT2D eigenvalue weighted by Gasteiger charge is -2.30. The summed E-state index contributed by atoms with van der Waals surface area (Å²) in [5.74, 6) is -1.86. The second kappa shape index (κ2) is 6.91. The zero-order valence-electron chi connectivity index (χ0n) is 14.7. The number of nitrogens with zero attached hydrogens (tertiary/aromatic N) is 1. The molecule has 6 heteroatoms. The van der Waals surface area contributed by atoms with Crippen molar-refractivity contribution in [2.75, 3.05) is 6.54 Å². The van der Waals surface area contributed by atoms with Crippen molar-refractivity contribution in [2.45, 2.75) is 51.9 Å². The number of benzene rings is 1. The highest BCUT2D eigenvalue weighted by Crippen LogP contribution is 2.32.